The second-order valence-corrected chi connectivity index (χ2v) is 8.65. The van der Waals surface area contributed by atoms with Crippen molar-refractivity contribution in [3.8, 4) is 11.5 Å². The quantitative estimate of drug-likeness (QED) is 0.397. The third-order valence-corrected chi connectivity index (χ3v) is 5.77. The number of carbonyl (C=O) groups is 2. The zero-order valence-electron chi connectivity index (χ0n) is 20.7. The summed E-state index contributed by atoms with van der Waals surface area (Å²) in [5, 5.41) is 10.2. The van der Waals surface area contributed by atoms with Gasteiger partial charge in [0, 0.05) is 16.9 Å². The summed E-state index contributed by atoms with van der Waals surface area (Å²) in [4.78, 5) is 29.9. The van der Waals surface area contributed by atoms with Crippen LogP contribution in [-0.4, -0.2) is 26.6 Å². The highest BCUT2D eigenvalue weighted by atomic mass is 16.4. The molecule has 35 heavy (non-hydrogen) atoms. The molecule has 0 spiro atoms. The Kier molecular flexibility index (Phi) is 6.59. The second kappa shape index (κ2) is 9.61. The highest BCUT2D eigenvalue weighted by Gasteiger charge is 2.20. The molecule has 0 fully saturated rings. The van der Waals surface area contributed by atoms with Crippen LogP contribution in [-0.2, 0) is 11.3 Å². The van der Waals surface area contributed by atoms with Gasteiger partial charge in [0.2, 0.25) is 11.8 Å². The minimum atomic E-state index is -0.446. The van der Waals surface area contributed by atoms with E-state index in [2.05, 4.69) is 20.7 Å². The molecule has 3 aromatic heterocycles. The van der Waals surface area contributed by atoms with E-state index in [-0.39, 0.29) is 18.4 Å². The Labute approximate surface area is 203 Å². The van der Waals surface area contributed by atoms with Crippen molar-refractivity contribution < 1.29 is 18.4 Å². The highest BCUT2D eigenvalue weighted by Crippen LogP contribution is 2.25. The Bertz CT molecular complexity index is 1390. The minimum absolute atomic E-state index is 0.158. The first-order valence-corrected chi connectivity index (χ1v) is 11.4. The molecular formula is C26H29N5O4. The average molecular weight is 476 g/mol. The first-order valence-electron chi connectivity index (χ1n) is 11.4. The fourth-order valence-electron chi connectivity index (χ4n) is 3.97. The van der Waals surface area contributed by atoms with Crippen molar-refractivity contribution in [3.63, 3.8) is 0 Å². The summed E-state index contributed by atoms with van der Waals surface area (Å²) < 4.78 is 13.0. The molecule has 0 unspecified atom stereocenters. The number of amides is 2. The van der Waals surface area contributed by atoms with Crippen LogP contribution in [0.25, 0.3) is 11.5 Å². The number of aryl methyl sites for hydroxylation is 5. The van der Waals surface area contributed by atoms with Crippen LogP contribution in [0.2, 0.25) is 0 Å². The van der Waals surface area contributed by atoms with E-state index in [0.717, 1.165) is 11.4 Å². The van der Waals surface area contributed by atoms with E-state index in [4.69, 9.17) is 8.83 Å². The molecule has 182 valence electrons. The molecule has 0 aliphatic rings. The monoisotopic (exact) mass is 475 g/mol. The van der Waals surface area contributed by atoms with Crippen LogP contribution in [0, 0.1) is 34.6 Å². The summed E-state index contributed by atoms with van der Waals surface area (Å²) in [6.07, 6.45) is 0. The number of hydrogen-bond donors (Lipinski definition) is 2. The number of nitrogens with one attached hydrogen (secondary N) is 2. The van der Waals surface area contributed by atoms with Crippen molar-refractivity contribution >= 4 is 17.5 Å². The molecule has 0 saturated heterocycles. The molecule has 4 rings (SSSR count). The lowest BCUT2D eigenvalue weighted by Crippen LogP contribution is -2.31. The van der Waals surface area contributed by atoms with Gasteiger partial charge in [0.25, 0.3) is 5.91 Å². The van der Waals surface area contributed by atoms with Crippen LogP contribution in [0.5, 0.6) is 0 Å². The Balaban J connectivity index is 1.44. The lowest BCUT2D eigenvalue weighted by atomic mass is 10.2. The van der Waals surface area contributed by atoms with Crippen molar-refractivity contribution in [3.05, 3.63) is 76.3 Å². The molecule has 0 saturated carbocycles. The predicted octanol–water partition coefficient (Wildman–Crippen LogP) is 4.80. The smallest absolute Gasteiger partial charge is 0.259 e. The number of anilines is 1. The molecule has 1 atom stereocenters. The van der Waals surface area contributed by atoms with Crippen molar-refractivity contribution in [2.45, 2.75) is 54.1 Å². The van der Waals surface area contributed by atoms with Crippen LogP contribution in [0.1, 0.15) is 57.7 Å². The molecule has 0 radical (unpaired) electrons. The topological polar surface area (TPSA) is 115 Å². The van der Waals surface area contributed by atoms with E-state index in [1.165, 1.54) is 0 Å². The number of aromatic nitrogens is 3. The van der Waals surface area contributed by atoms with Crippen molar-refractivity contribution in [1.29, 1.82) is 0 Å². The third-order valence-electron chi connectivity index (χ3n) is 5.77. The molecule has 2 N–H and O–H groups in total. The molecule has 0 bridgehead atoms. The maximum Gasteiger partial charge on any atom is 0.259 e. The number of rotatable bonds is 7. The Hall–Kier alpha value is -4.14. The van der Waals surface area contributed by atoms with E-state index in [1.54, 1.807) is 43.7 Å². The summed E-state index contributed by atoms with van der Waals surface area (Å²) in [6, 6.07) is 10.4. The Morgan fingerprint density at radius 3 is 2.46 bits per heavy atom. The van der Waals surface area contributed by atoms with Gasteiger partial charge in [-0.25, -0.2) is 4.98 Å². The SMILES string of the molecule is Cc1cc(C)n([C@@H](C)C(=O)NCc2nc(-c3cccc(NC(=O)c4cc(C)oc4C)c3)oc2C)n1. The van der Waals surface area contributed by atoms with Gasteiger partial charge in [0.05, 0.1) is 17.8 Å². The van der Waals surface area contributed by atoms with E-state index in [0.29, 0.717) is 45.7 Å². The highest BCUT2D eigenvalue weighted by molar-refractivity contribution is 6.05. The largest absolute Gasteiger partial charge is 0.466 e. The van der Waals surface area contributed by atoms with Gasteiger partial charge in [-0.2, -0.15) is 5.10 Å². The fourth-order valence-corrected chi connectivity index (χ4v) is 3.97. The van der Waals surface area contributed by atoms with Crippen LogP contribution in [0.4, 0.5) is 5.69 Å². The van der Waals surface area contributed by atoms with Crippen LogP contribution >= 0.6 is 0 Å². The van der Waals surface area contributed by atoms with Gasteiger partial charge < -0.3 is 19.5 Å². The van der Waals surface area contributed by atoms with Crippen LogP contribution < -0.4 is 10.6 Å². The maximum atomic E-state index is 12.7. The number of benzene rings is 1. The second-order valence-electron chi connectivity index (χ2n) is 8.65. The van der Waals surface area contributed by atoms with Gasteiger partial charge >= 0.3 is 0 Å². The first-order chi connectivity index (χ1) is 16.6. The Morgan fingerprint density at radius 2 is 1.80 bits per heavy atom. The standard InChI is InChI=1S/C26H29N5O4/c1-14-10-15(2)31(30-14)17(4)24(32)27-13-23-19(6)35-26(29-23)20-8-7-9-21(12-20)28-25(33)22-11-16(3)34-18(22)5/h7-12,17H,13H2,1-6H3,(H,27,32)(H,28,33)/t17-/m0/s1. The van der Waals surface area contributed by atoms with E-state index in [1.807, 2.05) is 39.0 Å². The number of oxazole rings is 1. The lowest BCUT2D eigenvalue weighted by Gasteiger charge is -2.14. The van der Waals surface area contributed by atoms with Gasteiger partial charge in [-0.05, 0) is 71.9 Å². The molecular weight excluding hydrogens is 446 g/mol. The summed E-state index contributed by atoms with van der Waals surface area (Å²) in [5.74, 6) is 1.86. The zero-order valence-corrected chi connectivity index (χ0v) is 20.7. The summed E-state index contributed by atoms with van der Waals surface area (Å²) in [5.41, 5.74) is 4.23. The van der Waals surface area contributed by atoms with Gasteiger partial charge in [-0.15, -0.1) is 0 Å². The molecule has 3 heterocycles. The minimum Gasteiger partial charge on any atom is -0.466 e. The number of carbonyl (C=O) groups excluding carboxylic acids is 2. The lowest BCUT2D eigenvalue weighted by molar-refractivity contribution is -0.124. The first kappa shape index (κ1) is 24.0. The van der Waals surface area contributed by atoms with Crippen molar-refractivity contribution in [1.82, 2.24) is 20.1 Å². The van der Waals surface area contributed by atoms with Gasteiger partial charge in [-0.3, -0.25) is 14.3 Å². The fraction of sp³-hybridized carbons (Fsp3) is 0.308. The van der Waals surface area contributed by atoms with Gasteiger partial charge in [0.1, 0.15) is 29.0 Å². The molecule has 9 nitrogen and oxygen atoms in total. The predicted molar refractivity (Wildman–Crippen MR) is 131 cm³/mol. The molecule has 0 aliphatic heterocycles. The molecule has 0 aliphatic carbocycles. The average Bonchev–Trinajstić information content (AvgIpc) is 3.47. The normalized spacial score (nSPS) is 11.9. The maximum absolute atomic E-state index is 12.7. The summed E-state index contributed by atoms with van der Waals surface area (Å²) in [7, 11) is 0. The van der Waals surface area contributed by atoms with Gasteiger partial charge in [-0.1, -0.05) is 6.07 Å². The zero-order chi connectivity index (χ0) is 25.3. The third kappa shape index (κ3) is 5.18. The van der Waals surface area contributed by atoms with E-state index < -0.39 is 6.04 Å². The molecule has 2 amide bonds. The van der Waals surface area contributed by atoms with Crippen molar-refractivity contribution in [2.24, 2.45) is 0 Å². The van der Waals surface area contributed by atoms with Crippen LogP contribution in [0.3, 0.4) is 0 Å². The number of furan rings is 1. The summed E-state index contributed by atoms with van der Waals surface area (Å²) in [6.45, 7) is 11.2. The summed E-state index contributed by atoms with van der Waals surface area (Å²) >= 11 is 0. The van der Waals surface area contributed by atoms with Crippen molar-refractivity contribution in [2.75, 3.05) is 5.32 Å². The van der Waals surface area contributed by atoms with Crippen LogP contribution in [0.15, 0.2) is 45.2 Å². The van der Waals surface area contributed by atoms with Gasteiger partial charge in [0.15, 0.2) is 0 Å². The molecule has 9 heteroatoms. The molecule has 1 aromatic carbocycles. The molecule has 4 aromatic rings. The van der Waals surface area contributed by atoms with E-state index in [9.17, 15) is 9.59 Å². The number of nitrogens with zero attached hydrogens (tertiary/aromatic N) is 3. The Morgan fingerprint density at radius 1 is 1.03 bits per heavy atom. The van der Waals surface area contributed by atoms with E-state index >= 15 is 0 Å². The number of hydrogen-bond acceptors (Lipinski definition) is 6.